The third-order valence-corrected chi connectivity index (χ3v) is 5.14. The zero-order valence-electron chi connectivity index (χ0n) is 17.8. The van der Waals surface area contributed by atoms with E-state index in [2.05, 4.69) is 10.4 Å². The van der Waals surface area contributed by atoms with E-state index in [1.165, 1.54) is 41.1 Å². The minimum Gasteiger partial charge on any atom is -0.349 e. The summed E-state index contributed by atoms with van der Waals surface area (Å²) in [7, 11) is 1.80. The molecular formula is C23H18F3N5O3. The molecule has 0 saturated carbocycles. The average Bonchev–Trinajstić information content (AvgIpc) is 3.43. The predicted octanol–water partition coefficient (Wildman–Crippen LogP) is 4.73. The third-order valence-electron chi connectivity index (χ3n) is 5.14. The molecule has 4 rings (SSSR count). The van der Waals surface area contributed by atoms with Crippen molar-refractivity contribution in [2.45, 2.75) is 12.7 Å². The second kappa shape index (κ2) is 8.85. The van der Waals surface area contributed by atoms with E-state index < -0.39 is 22.6 Å². The summed E-state index contributed by atoms with van der Waals surface area (Å²) < 4.78 is 42.0. The SMILES string of the molecule is Cn1cccc1-c1cc(C(=O)NCc2cccc(C(F)(F)F)c2)n(-c2cccc([N+](=O)[O-])c2)n1. The van der Waals surface area contributed by atoms with Crippen LogP contribution in [-0.2, 0) is 19.8 Å². The standard InChI is InChI=1S/C23H18F3N5O3/c1-29-10-4-9-20(29)19-13-21(30(28-19)17-7-3-8-18(12-17)31(33)34)22(32)27-14-15-5-2-6-16(11-15)23(24,25)26/h2-13H,14H2,1H3,(H,27,32). The minimum atomic E-state index is -4.50. The van der Waals surface area contributed by atoms with Gasteiger partial charge in [0.2, 0.25) is 0 Å². The average molecular weight is 469 g/mol. The highest BCUT2D eigenvalue weighted by atomic mass is 19.4. The van der Waals surface area contributed by atoms with Gasteiger partial charge in [0.05, 0.1) is 21.9 Å². The van der Waals surface area contributed by atoms with Crippen LogP contribution in [0.1, 0.15) is 21.6 Å². The molecule has 1 N–H and O–H groups in total. The van der Waals surface area contributed by atoms with Gasteiger partial charge in [-0.25, -0.2) is 4.68 Å². The lowest BCUT2D eigenvalue weighted by Crippen LogP contribution is -2.25. The van der Waals surface area contributed by atoms with Gasteiger partial charge in [0.15, 0.2) is 0 Å². The normalized spacial score (nSPS) is 11.4. The number of alkyl halides is 3. The van der Waals surface area contributed by atoms with Crippen LogP contribution in [0.2, 0.25) is 0 Å². The molecule has 0 bridgehead atoms. The van der Waals surface area contributed by atoms with E-state index in [9.17, 15) is 28.1 Å². The number of nitrogens with one attached hydrogen (secondary N) is 1. The molecule has 0 saturated heterocycles. The molecule has 0 aliphatic heterocycles. The van der Waals surface area contributed by atoms with Crippen LogP contribution < -0.4 is 5.32 Å². The summed E-state index contributed by atoms with van der Waals surface area (Å²) in [5.41, 5.74) is 0.796. The Hall–Kier alpha value is -4.41. The minimum absolute atomic E-state index is 0.0728. The smallest absolute Gasteiger partial charge is 0.349 e. The maximum atomic E-state index is 13.0. The molecule has 34 heavy (non-hydrogen) atoms. The Morgan fingerprint density at radius 1 is 1.09 bits per heavy atom. The molecule has 0 atom stereocenters. The number of hydrogen-bond donors (Lipinski definition) is 1. The number of nitrogens with zero attached hydrogens (tertiary/aromatic N) is 4. The predicted molar refractivity (Wildman–Crippen MR) is 117 cm³/mol. The van der Waals surface area contributed by atoms with E-state index in [1.807, 2.05) is 0 Å². The van der Waals surface area contributed by atoms with Crippen LogP contribution in [-0.4, -0.2) is 25.2 Å². The van der Waals surface area contributed by atoms with Gasteiger partial charge in [-0.05, 0) is 42.0 Å². The first kappa shape index (κ1) is 22.8. The van der Waals surface area contributed by atoms with Crippen molar-refractivity contribution in [1.82, 2.24) is 19.7 Å². The van der Waals surface area contributed by atoms with Crippen molar-refractivity contribution in [3.8, 4) is 17.1 Å². The molecule has 0 aliphatic carbocycles. The second-order valence-corrected chi connectivity index (χ2v) is 7.49. The molecule has 2 aromatic heterocycles. The second-order valence-electron chi connectivity index (χ2n) is 7.49. The highest BCUT2D eigenvalue weighted by Gasteiger charge is 2.30. The van der Waals surface area contributed by atoms with Crippen LogP contribution in [0.3, 0.4) is 0 Å². The van der Waals surface area contributed by atoms with Gasteiger partial charge in [-0.1, -0.05) is 18.2 Å². The topological polar surface area (TPSA) is 95.0 Å². The molecule has 0 fully saturated rings. The number of carbonyl (C=O) groups excluding carboxylic acids is 1. The number of nitro groups is 1. The summed E-state index contributed by atoms with van der Waals surface area (Å²) in [6.45, 7) is -0.150. The number of aryl methyl sites for hydroxylation is 1. The van der Waals surface area contributed by atoms with E-state index in [1.54, 1.807) is 36.0 Å². The van der Waals surface area contributed by atoms with E-state index in [-0.39, 0.29) is 23.5 Å². The molecule has 174 valence electrons. The maximum absolute atomic E-state index is 13.0. The van der Waals surface area contributed by atoms with Crippen LogP contribution in [0.5, 0.6) is 0 Å². The van der Waals surface area contributed by atoms with E-state index >= 15 is 0 Å². The zero-order chi connectivity index (χ0) is 24.5. The van der Waals surface area contributed by atoms with Crippen LogP contribution >= 0.6 is 0 Å². The van der Waals surface area contributed by atoms with Gasteiger partial charge in [0, 0.05) is 31.9 Å². The van der Waals surface area contributed by atoms with Crippen LogP contribution in [0.25, 0.3) is 17.1 Å². The van der Waals surface area contributed by atoms with Crippen molar-refractivity contribution in [3.63, 3.8) is 0 Å². The summed E-state index contributed by atoms with van der Waals surface area (Å²) in [6, 6.07) is 15.4. The maximum Gasteiger partial charge on any atom is 0.416 e. The van der Waals surface area contributed by atoms with Crippen molar-refractivity contribution >= 4 is 11.6 Å². The number of nitro benzene ring substituents is 1. The fourth-order valence-electron chi connectivity index (χ4n) is 3.46. The molecule has 0 radical (unpaired) electrons. The van der Waals surface area contributed by atoms with Gasteiger partial charge in [0.25, 0.3) is 11.6 Å². The fourth-order valence-corrected chi connectivity index (χ4v) is 3.46. The van der Waals surface area contributed by atoms with Crippen LogP contribution in [0.15, 0.2) is 72.9 Å². The van der Waals surface area contributed by atoms with Crippen molar-refractivity contribution in [2.24, 2.45) is 7.05 Å². The molecule has 4 aromatic rings. The molecule has 8 nitrogen and oxygen atoms in total. The highest BCUT2D eigenvalue weighted by Crippen LogP contribution is 2.29. The molecule has 1 amide bonds. The number of halogens is 3. The molecule has 0 unspecified atom stereocenters. The number of hydrogen-bond acceptors (Lipinski definition) is 4. The Balaban J connectivity index is 1.68. The van der Waals surface area contributed by atoms with Gasteiger partial charge < -0.3 is 9.88 Å². The number of non-ortho nitro benzene ring substituents is 1. The third kappa shape index (κ3) is 4.68. The number of amides is 1. The van der Waals surface area contributed by atoms with Crippen LogP contribution in [0.4, 0.5) is 18.9 Å². The summed E-state index contributed by atoms with van der Waals surface area (Å²) in [5.74, 6) is -0.600. The lowest BCUT2D eigenvalue weighted by Gasteiger charge is -2.10. The number of benzene rings is 2. The molecule has 2 aromatic carbocycles. The fraction of sp³-hybridized carbons (Fsp3) is 0.130. The molecular weight excluding hydrogens is 451 g/mol. The number of carbonyl (C=O) groups is 1. The Labute approximate surface area is 191 Å². The Morgan fingerprint density at radius 3 is 2.53 bits per heavy atom. The van der Waals surface area contributed by atoms with Crippen molar-refractivity contribution in [3.05, 3.63) is 99.9 Å². The van der Waals surface area contributed by atoms with Gasteiger partial charge in [0.1, 0.15) is 11.4 Å². The first-order valence-electron chi connectivity index (χ1n) is 10.0. The van der Waals surface area contributed by atoms with Crippen molar-refractivity contribution < 1.29 is 22.9 Å². The van der Waals surface area contributed by atoms with Gasteiger partial charge in [-0.15, -0.1) is 0 Å². The Morgan fingerprint density at radius 2 is 1.85 bits per heavy atom. The zero-order valence-corrected chi connectivity index (χ0v) is 17.8. The number of aromatic nitrogens is 3. The molecule has 0 aliphatic rings. The summed E-state index contributed by atoms with van der Waals surface area (Å²) in [4.78, 5) is 23.7. The Kier molecular flexibility index (Phi) is 5.93. The van der Waals surface area contributed by atoms with Crippen molar-refractivity contribution in [2.75, 3.05) is 0 Å². The monoisotopic (exact) mass is 469 g/mol. The van der Waals surface area contributed by atoms with E-state index in [4.69, 9.17) is 0 Å². The largest absolute Gasteiger partial charge is 0.416 e. The summed E-state index contributed by atoms with van der Waals surface area (Å²) >= 11 is 0. The molecule has 0 spiro atoms. The first-order valence-corrected chi connectivity index (χ1v) is 10.0. The van der Waals surface area contributed by atoms with Gasteiger partial charge in [-0.2, -0.15) is 18.3 Å². The lowest BCUT2D eigenvalue weighted by atomic mass is 10.1. The summed E-state index contributed by atoms with van der Waals surface area (Å²) in [5, 5.41) is 18.3. The first-order chi connectivity index (χ1) is 16.1. The quantitative estimate of drug-likeness (QED) is 0.326. The molecule has 2 heterocycles. The Bertz CT molecular complexity index is 1370. The highest BCUT2D eigenvalue weighted by molar-refractivity contribution is 5.94. The number of rotatable bonds is 6. The van der Waals surface area contributed by atoms with Gasteiger partial charge in [-0.3, -0.25) is 14.9 Å². The van der Waals surface area contributed by atoms with Gasteiger partial charge >= 0.3 is 6.18 Å². The summed E-state index contributed by atoms with van der Waals surface area (Å²) in [6.07, 6.45) is -2.69. The lowest BCUT2D eigenvalue weighted by molar-refractivity contribution is -0.384. The van der Waals surface area contributed by atoms with Crippen molar-refractivity contribution in [1.29, 1.82) is 0 Å². The van der Waals surface area contributed by atoms with E-state index in [0.717, 1.165) is 12.1 Å². The van der Waals surface area contributed by atoms with Crippen LogP contribution in [0, 0.1) is 10.1 Å². The van der Waals surface area contributed by atoms with E-state index in [0.29, 0.717) is 17.1 Å². The molecule has 11 heteroatoms.